The summed E-state index contributed by atoms with van der Waals surface area (Å²) in [6.45, 7) is 0. The predicted molar refractivity (Wildman–Crippen MR) is 89.4 cm³/mol. The molecule has 0 N–H and O–H groups in total. The lowest BCUT2D eigenvalue weighted by atomic mass is 9.95. The summed E-state index contributed by atoms with van der Waals surface area (Å²) < 4.78 is 6.07. The highest BCUT2D eigenvalue weighted by Crippen LogP contribution is 2.49. The van der Waals surface area contributed by atoms with E-state index in [1.165, 1.54) is 5.46 Å². The molecule has 0 atom stereocenters. The maximum Gasteiger partial charge on any atom is 0.151 e. The molecule has 4 rings (SSSR count). The van der Waals surface area contributed by atoms with Gasteiger partial charge in [-0.05, 0) is 36.4 Å². The van der Waals surface area contributed by atoms with Crippen molar-refractivity contribution in [1.29, 1.82) is 0 Å². The molecule has 3 aromatic carbocycles. The van der Waals surface area contributed by atoms with Crippen LogP contribution in [0.1, 0.15) is 0 Å². The number of para-hydroxylation sites is 3. The summed E-state index contributed by atoms with van der Waals surface area (Å²) in [4.78, 5) is 2.24. The maximum absolute atomic E-state index is 6.07. The van der Waals surface area contributed by atoms with E-state index in [1.807, 2.05) is 24.3 Å². The molecule has 0 saturated heterocycles. The van der Waals surface area contributed by atoms with Gasteiger partial charge in [0.15, 0.2) is 11.5 Å². The van der Waals surface area contributed by atoms with Crippen molar-refractivity contribution in [2.45, 2.75) is 0 Å². The fourth-order valence-electron chi connectivity index (χ4n) is 2.72. The Morgan fingerprint density at radius 3 is 2.29 bits per heavy atom. The lowest BCUT2D eigenvalue weighted by molar-refractivity contribution is 0.477. The first-order chi connectivity index (χ1) is 10.3. The molecule has 0 unspecified atom stereocenters. The van der Waals surface area contributed by atoms with Crippen LogP contribution in [0.2, 0.25) is 0 Å². The first kappa shape index (κ1) is 12.1. The molecule has 1 aliphatic rings. The summed E-state index contributed by atoms with van der Waals surface area (Å²) in [5.74, 6) is 1.79. The van der Waals surface area contributed by atoms with Gasteiger partial charge in [0.25, 0.3) is 0 Å². The molecule has 1 aliphatic heterocycles. The molecule has 3 heteroatoms. The summed E-state index contributed by atoms with van der Waals surface area (Å²) in [6, 6.07) is 24.8. The van der Waals surface area contributed by atoms with Crippen molar-refractivity contribution in [3.8, 4) is 11.5 Å². The number of benzene rings is 3. The van der Waals surface area contributed by atoms with E-state index in [-0.39, 0.29) is 0 Å². The van der Waals surface area contributed by atoms with Gasteiger partial charge in [0.1, 0.15) is 7.85 Å². The van der Waals surface area contributed by atoms with Crippen LogP contribution in [0.25, 0.3) is 0 Å². The fourth-order valence-corrected chi connectivity index (χ4v) is 2.72. The van der Waals surface area contributed by atoms with Gasteiger partial charge in [0.05, 0.1) is 11.4 Å². The van der Waals surface area contributed by atoms with Crippen LogP contribution in [-0.4, -0.2) is 7.85 Å². The first-order valence-electron chi connectivity index (χ1n) is 7.06. The zero-order valence-corrected chi connectivity index (χ0v) is 11.8. The van der Waals surface area contributed by atoms with E-state index in [0.29, 0.717) is 0 Å². The highest BCUT2D eigenvalue weighted by atomic mass is 16.5. The van der Waals surface area contributed by atoms with E-state index in [0.717, 1.165) is 28.6 Å². The minimum Gasteiger partial charge on any atom is -0.453 e. The average Bonchev–Trinajstić information content (AvgIpc) is 2.53. The number of rotatable bonds is 1. The van der Waals surface area contributed by atoms with Gasteiger partial charge in [-0.2, -0.15) is 0 Å². The minimum atomic E-state index is 0.888. The highest BCUT2D eigenvalue weighted by molar-refractivity contribution is 6.32. The summed E-state index contributed by atoms with van der Waals surface area (Å²) in [6.07, 6.45) is 0. The van der Waals surface area contributed by atoms with Gasteiger partial charge in [0.2, 0.25) is 0 Å². The molecule has 21 heavy (non-hydrogen) atoms. The molecule has 0 saturated carbocycles. The van der Waals surface area contributed by atoms with Gasteiger partial charge in [-0.15, -0.1) is 0 Å². The standard InChI is InChI=1S/C18H14BNO/c19-13-10-11-16-18(12-13)21-17-9-5-4-8-15(17)20(16)14-6-2-1-3-7-14/h1-12H,19H2. The summed E-state index contributed by atoms with van der Waals surface area (Å²) in [5.41, 5.74) is 4.48. The minimum absolute atomic E-state index is 0.888. The number of hydrogen-bond acceptors (Lipinski definition) is 2. The number of ether oxygens (including phenoxy) is 1. The third-order valence-corrected chi connectivity index (χ3v) is 3.70. The van der Waals surface area contributed by atoms with Crippen LogP contribution in [0.15, 0.2) is 72.8 Å². The smallest absolute Gasteiger partial charge is 0.151 e. The number of hydrogen-bond donors (Lipinski definition) is 0. The van der Waals surface area contributed by atoms with Gasteiger partial charge in [0, 0.05) is 5.69 Å². The normalized spacial score (nSPS) is 12.3. The topological polar surface area (TPSA) is 12.5 Å². The largest absolute Gasteiger partial charge is 0.453 e. The van der Waals surface area contributed by atoms with Crippen LogP contribution in [0.5, 0.6) is 11.5 Å². The fraction of sp³-hybridized carbons (Fsp3) is 0. The monoisotopic (exact) mass is 271 g/mol. The molecule has 0 fully saturated rings. The van der Waals surface area contributed by atoms with Crippen molar-refractivity contribution in [3.63, 3.8) is 0 Å². The number of anilines is 3. The van der Waals surface area contributed by atoms with Crippen molar-refractivity contribution in [1.82, 2.24) is 0 Å². The number of fused-ring (bicyclic) bond motifs is 2. The second-order valence-corrected chi connectivity index (χ2v) is 5.21. The molecule has 2 nitrogen and oxygen atoms in total. The second kappa shape index (κ2) is 4.71. The molecule has 0 bridgehead atoms. The van der Waals surface area contributed by atoms with Gasteiger partial charge >= 0.3 is 0 Å². The van der Waals surface area contributed by atoms with Crippen molar-refractivity contribution >= 4 is 30.4 Å². The zero-order valence-electron chi connectivity index (χ0n) is 11.8. The van der Waals surface area contributed by atoms with E-state index in [1.54, 1.807) is 0 Å². The van der Waals surface area contributed by atoms with Gasteiger partial charge in [-0.3, -0.25) is 0 Å². The molecule has 0 aromatic heterocycles. The predicted octanol–water partition coefficient (Wildman–Crippen LogP) is 3.52. The Hall–Kier alpha value is -2.68. The Balaban J connectivity index is 1.97. The van der Waals surface area contributed by atoms with Gasteiger partial charge < -0.3 is 9.64 Å². The van der Waals surface area contributed by atoms with Gasteiger partial charge in [-0.25, -0.2) is 0 Å². The molecule has 0 radical (unpaired) electrons. The Morgan fingerprint density at radius 2 is 1.43 bits per heavy atom. The van der Waals surface area contributed by atoms with E-state index >= 15 is 0 Å². The summed E-state index contributed by atoms with van der Waals surface area (Å²) >= 11 is 0. The third kappa shape index (κ3) is 1.98. The van der Waals surface area contributed by atoms with Crippen molar-refractivity contribution < 1.29 is 4.74 Å². The molecule has 3 aromatic rings. The SMILES string of the molecule is Bc1ccc2c(c1)Oc1ccccc1N2c1ccccc1. The lowest BCUT2D eigenvalue weighted by Crippen LogP contribution is -2.17. The quantitative estimate of drug-likeness (QED) is 0.491. The Labute approximate surface area is 125 Å². The molecule has 0 amide bonds. The Bertz CT molecular complexity index is 801. The van der Waals surface area contributed by atoms with Crippen LogP contribution >= 0.6 is 0 Å². The molecule has 0 spiro atoms. The van der Waals surface area contributed by atoms with Gasteiger partial charge in [-0.1, -0.05) is 41.9 Å². The van der Waals surface area contributed by atoms with Crippen LogP contribution in [-0.2, 0) is 0 Å². The second-order valence-electron chi connectivity index (χ2n) is 5.21. The van der Waals surface area contributed by atoms with E-state index in [2.05, 4.69) is 61.3 Å². The molecular weight excluding hydrogens is 257 g/mol. The molecule has 100 valence electrons. The van der Waals surface area contributed by atoms with E-state index in [9.17, 15) is 0 Å². The summed E-state index contributed by atoms with van der Waals surface area (Å²) in [5, 5.41) is 0. The lowest BCUT2D eigenvalue weighted by Gasteiger charge is -2.33. The molecule has 1 heterocycles. The van der Waals surface area contributed by atoms with Crippen LogP contribution in [0.4, 0.5) is 17.1 Å². The average molecular weight is 271 g/mol. The van der Waals surface area contributed by atoms with Crippen LogP contribution < -0.4 is 15.1 Å². The van der Waals surface area contributed by atoms with Crippen molar-refractivity contribution in [3.05, 3.63) is 72.8 Å². The maximum atomic E-state index is 6.07. The Kier molecular flexibility index (Phi) is 2.71. The first-order valence-corrected chi connectivity index (χ1v) is 7.06. The van der Waals surface area contributed by atoms with Crippen molar-refractivity contribution in [2.75, 3.05) is 4.90 Å². The van der Waals surface area contributed by atoms with E-state index in [4.69, 9.17) is 4.74 Å². The highest BCUT2D eigenvalue weighted by Gasteiger charge is 2.25. The molecular formula is C18H14BNO. The zero-order chi connectivity index (χ0) is 14.2. The third-order valence-electron chi connectivity index (χ3n) is 3.70. The van der Waals surface area contributed by atoms with Crippen molar-refractivity contribution in [2.24, 2.45) is 0 Å². The number of nitrogens with zero attached hydrogens (tertiary/aromatic N) is 1. The van der Waals surface area contributed by atoms with Crippen LogP contribution in [0.3, 0.4) is 0 Å². The van der Waals surface area contributed by atoms with Crippen LogP contribution in [0, 0.1) is 0 Å². The summed E-state index contributed by atoms with van der Waals surface area (Å²) in [7, 11) is 2.08. The van der Waals surface area contributed by atoms with E-state index < -0.39 is 0 Å². The molecule has 0 aliphatic carbocycles. The Morgan fingerprint density at radius 1 is 0.714 bits per heavy atom.